The number of allylic oxidation sites excluding steroid dienone is 4. The van der Waals surface area contributed by atoms with E-state index in [1.165, 1.54) is 12.3 Å². The molecule has 0 unspecified atom stereocenters. The number of benzene rings is 2. The van der Waals surface area contributed by atoms with Crippen LogP contribution < -0.4 is 9.47 Å². The highest BCUT2D eigenvalue weighted by molar-refractivity contribution is 7.17. The Bertz CT molecular complexity index is 2580. The predicted octanol–water partition coefficient (Wildman–Crippen LogP) is 9.27. The zero-order valence-electron chi connectivity index (χ0n) is 32.9. The van der Waals surface area contributed by atoms with Gasteiger partial charge in [-0.05, 0) is 77.6 Å². The maximum atomic E-state index is 13.1. The molecular formula is C43H42ClF3N6O5S2. The van der Waals surface area contributed by atoms with E-state index in [9.17, 15) is 23.1 Å². The molecule has 1 fully saturated rings. The molecule has 0 saturated carbocycles. The summed E-state index contributed by atoms with van der Waals surface area (Å²) in [5.41, 5.74) is 4.87. The second-order valence-electron chi connectivity index (χ2n) is 14.8. The monoisotopic (exact) mass is 878 g/mol. The van der Waals surface area contributed by atoms with Crippen LogP contribution in [0.1, 0.15) is 36.6 Å². The summed E-state index contributed by atoms with van der Waals surface area (Å²) in [6.45, 7) is 5.88. The molecule has 11 nitrogen and oxygen atoms in total. The van der Waals surface area contributed by atoms with Crippen LogP contribution in [0.5, 0.6) is 11.6 Å². The van der Waals surface area contributed by atoms with Crippen molar-refractivity contribution in [3.8, 4) is 22.9 Å². The summed E-state index contributed by atoms with van der Waals surface area (Å²) in [5, 5.41) is 18.6. The average Bonchev–Trinajstić information content (AvgIpc) is 3.99. The number of hydrogen-bond acceptors (Lipinski definition) is 11. The smallest absolute Gasteiger partial charge is 0.408 e. The first-order chi connectivity index (χ1) is 28.9. The minimum atomic E-state index is -4.46. The maximum Gasteiger partial charge on any atom is 0.408 e. The SMILES string of the molecule is CC1=C(c2c(-c3cccc4ccsc34)ncc3snc(O[C@H](Cc4ccccc4OCc4ccnn4CC(F)(F)F)C(=O)O)c23)CCC(OCCN2CCN(C)CC2)=C1Cl. The van der Waals surface area contributed by atoms with Crippen molar-refractivity contribution in [1.82, 2.24) is 28.9 Å². The van der Waals surface area contributed by atoms with Crippen molar-refractivity contribution < 1.29 is 37.3 Å². The fourth-order valence-electron chi connectivity index (χ4n) is 7.64. The number of piperazine rings is 1. The van der Waals surface area contributed by atoms with Crippen molar-refractivity contribution in [3.05, 3.63) is 106 Å². The van der Waals surface area contributed by atoms with Gasteiger partial charge in [-0.25, -0.2) is 4.79 Å². The molecule has 6 aromatic rings. The van der Waals surface area contributed by atoms with Crippen LogP contribution in [0.25, 0.3) is 37.0 Å². The lowest BCUT2D eigenvalue weighted by atomic mass is 9.87. The van der Waals surface area contributed by atoms with E-state index in [0.717, 1.165) is 87.1 Å². The molecule has 1 saturated heterocycles. The second kappa shape index (κ2) is 17.9. The summed E-state index contributed by atoms with van der Waals surface area (Å²) in [5.74, 6) is -0.0441. The van der Waals surface area contributed by atoms with Crippen LogP contribution in [0.4, 0.5) is 13.2 Å². The quantitative estimate of drug-likeness (QED) is 0.107. The molecule has 0 radical (unpaired) electrons. The van der Waals surface area contributed by atoms with E-state index in [-0.39, 0.29) is 24.6 Å². The van der Waals surface area contributed by atoms with Gasteiger partial charge in [0.15, 0.2) is 0 Å². The zero-order chi connectivity index (χ0) is 42.0. The molecule has 60 heavy (non-hydrogen) atoms. The number of ether oxygens (including phenoxy) is 3. The summed E-state index contributed by atoms with van der Waals surface area (Å²) in [6, 6.07) is 16.4. The van der Waals surface area contributed by atoms with Gasteiger partial charge in [0.2, 0.25) is 12.0 Å². The number of nitrogens with zero attached hydrogens (tertiary/aromatic N) is 6. The molecule has 1 N–H and O–H groups in total. The molecule has 1 aliphatic heterocycles. The number of alkyl halides is 3. The van der Waals surface area contributed by atoms with E-state index < -0.39 is 24.8 Å². The lowest BCUT2D eigenvalue weighted by Crippen LogP contribution is -2.45. The molecule has 1 aliphatic carbocycles. The Kier molecular flexibility index (Phi) is 12.5. The Morgan fingerprint density at radius 1 is 1.03 bits per heavy atom. The summed E-state index contributed by atoms with van der Waals surface area (Å²) in [6.07, 6.45) is -1.83. The predicted molar refractivity (Wildman–Crippen MR) is 228 cm³/mol. The molecule has 1 atom stereocenters. The molecule has 5 heterocycles. The highest BCUT2D eigenvalue weighted by Gasteiger charge is 2.32. The van der Waals surface area contributed by atoms with Crippen LogP contribution in [-0.4, -0.2) is 98.7 Å². The van der Waals surface area contributed by atoms with Crippen LogP contribution in [0.2, 0.25) is 0 Å². The van der Waals surface area contributed by atoms with Crippen molar-refractivity contribution in [3.63, 3.8) is 0 Å². The number of halogens is 4. The standard InChI is InChI=1S/C43H42ClF3N6O5S2/c1-26-30(10-11-33(38(26)44)56-20-19-52-17-15-51(2)16-18-52)36-37-35(23-48-39(36)31-8-5-7-27-13-21-59-40(27)31)60-50-41(37)58-34(42(54)55)22-28-6-3-4-9-32(28)57-24-29-12-14-49-53(29)25-43(45,46)47/h3-9,12-14,21,23,34H,10-11,15-20,22,24-25H2,1-2H3,(H,54,55)/t34-/m1/s1. The van der Waals surface area contributed by atoms with Crippen molar-refractivity contribution in [2.75, 3.05) is 46.4 Å². The molecule has 2 aromatic carbocycles. The zero-order valence-corrected chi connectivity index (χ0v) is 35.3. The number of aliphatic carboxylic acids is 1. The molecule has 314 valence electrons. The first kappa shape index (κ1) is 41.7. The van der Waals surface area contributed by atoms with Gasteiger partial charge in [0.05, 0.1) is 26.5 Å². The number of para-hydroxylation sites is 1. The number of rotatable bonds is 15. The summed E-state index contributed by atoms with van der Waals surface area (Å²) >= 11 is 9.93. The van der Waals surface area contributed by atoms with Gasteiger partial charge in [-0.1, -0.05) is 48.0 Å². The highest BCUT2D eigenvalue weighted by atomic mass is 35.5. The number of fused-ring (bicyclic) bond motifs is 2. The minimum absolute atomic E-state index is 0.126. The molecule has 0 amide bonds. The lowest BCUT2D eigenvalue weighted by Gasteiger charge is -2.32. The molecule has 0 bridgehead atoms. The fourth-order valence-corrected chi connectivity index (χ4v) is 9.51. The summed E-state index contributed by atoms with van der Waals surface area (Å²) < 4.78 is 65.4. The van der Waals surface area contributed by atoms with Gasteiger partial charge in [0, 0.05) is 73.8 Å². The van der Waals surface area contributed by atoms with Crippen LogP contribution in [-0.2, 0) is 29.1 Å². The highest BCUT2D eigenvalue weighted by Crippen LogP contribution is 2.48. The summed E-state index contributed by atoms with van der Waals surface area (Å²) in [7, 11) is 2.13. The number of likely N-dealkylation sites (N-methyl/N-ethyl adjacent to an activating group) is 1. The molecule has 8 rings (SSSR count). The van der Waals surface area contributed by atoms with Crippen molar-refractivity contribution >= 4 is 66.2 Å². The number of aromatic nitrogens is 4. The normalized spacial score (nSPS) is 16.2. The molecule has 17 heteroatoms. The topological polar surface area (TPSA) is 115 Å². The number of carbonyl (C=O) groups is 1. The van der Waals surface area contributed by atoms with Crippen LogP contribution in [0, 0.1) is 0 Å². The Morgan fingerprint density at radius 3 is 2.65 bits per heavy atom. The molecule has 4 aromatic heterocycles. The number of thiophene rings is 1. The van der Waals surface area contributed by atoms with Gasteiger partial charge >= 0.3 is 12.1 Å². The first-order valence-corrected chi connectivity index (χ1v) is 21.5. The molecule has 2 aliphatic rings. The van der Waals surface area contributed by atoms with Gasteiger partial charge < -0.3 is 24.2 Å². The Hall–Kier alpha value is -5.00. The van der Waals surface area contributed by atoms with Crippen molar-refractivity contribution in [1.29, 1.82) is 0 Å². The van der Waals surface area contributed by atoms with Crippen LogP contribution in [0.15, 0.2) is 88.7 Å². The Morgan fingerprint density at radius 2 is 1.85 bits per heavy atom. The minimum Gasteiger partial charge on any atom is -0.495 e. The van der Waals surface area contributed by atoms with E-state index in [1.807, 2.05) is 24.4 Å². The lowest BCUT2D eigenvalue weighted by molar-refractivity contribution is -0.145. The number of carboxylic acids is 1. The summed E-state index contributed by atoms with van der Waals surface area (Å²) in [4.78, 5) is 22.7. The largest absolute Gasteiger partial charge is 0.495 e. The van der Waals surface area contributed by atoms with Crippen molar-refractivity contribution in [2.45, 2.75) is 51.6 Å². The van der Waals surface area contributed by atoms with E-state index >= 15 is 0 Å². The third-order valence-electron chi connectivity index (χ3n) is 10.8. The third kappa shape index (κ3) is 9.17. The average molecular weight is 879 g/mol. The van der Waals surface area contributed by atoms with Gasteiger partial charge in [0.25, 0.3) is 0 Å². The van der Waals surface area contributed by atoms with Crippen LogP contribution >= 0.6 is 34.5 Å². The number of carboxylic acid groups (broad SMARTS) is 1. The van der Waals surface area contributed by atoms with E-state index in [2.05, 4.69) is 38.5 Å². The van der Waals surface area contributed by atoms with Gasteiger partial charge in [-0.2, -0.15) is 22.6 Å². The van der Waals surface area contributed by atoms with Gasteiger partial charge in [0.1, 0.15) is 31.3 Å². The van der Waals surface area contributed by atoms with E-state index in [0.29, 0.717) is 51.6 Å². The van der Waals surface area contributed by atoms with Gasteiger partial charge in [-0.3, -0.25) is 14.6 Å². The molecule has 0 spiro atoms. The molecular weight excluding hydrogens is 837 g/mol. The fraction of sp³-hybridized carbons (Fsp3) is 0.349. The van der Waals surface area contributed by atoms with E-state index in [4.69, 9.17) is 30.8 Å². The first-order valence-electron chi connectivity index (χ1n) is 19.5. The number of hydrogen-bond donors (Lipinski definition) is 1. The van der Waals surface area contributed by atoms with Crippen LogP contribution in [0.3, 0.4) is 0 Å². The number of pyridine rings is 1. The Balaban J connectivity index is 1.12. The van der Waals surface area contributed by atoms with Gasteiger partial charge in [-0.15, -0.1) is 11.3 Å². The van der Waals surface area contributed by atoms with E-state index in [1.54, 1.807) is 41.8 Å². The van der Waals surface area contributed by atoms with Crippen molar-refractivity contribution in [2.24, 2.45) is 0 Å². The third-order valence-corrected chi connectivity index (χ3v) is 13.1. The maximum absolute atomic E-state index is 13.1. The Labute approximate surface area is 357 Å². The second-order valence-corrected chi connectivity index (χ2v) is 16.9.